The normalized spacial score (nSPS) is 16.4. The molecule has 0 bridgehead atoms. The van der Waals surface area contributed by atoms with Gasteiger partial charge in [0, 0.05) is 36.1 Å². The van der Waals surface area contributed by atoms with Crippen molar-refractivity contribution in [1.29, 1.82) is 0 Å². The predicted octanol–water partition coefficient (Wildman–Crippen LogP) is 3.19. The number of fused-ring (bicyclic) bond motifs is 1. The van der Waals surface area contributed by atoms with Gasteiger partial charge in [0.05, 0.1) is 12.2 Å². The van der Waals surface area contributed by atoms with Crippen LogP contribution in [0.25, 0.3) is 5.69 Å². The maximum absolute atomic E-state index is 13.1. The minimum atomic E-state index is -0.0805. The predicted molar refractivity (Wildman–Crippen MR) is 128 cm³/mol. The van der Waals surface area contributed by atoms with Crippen LogP contribution in [0.2, 0.25) is 0 Å². The first-order valence-electron chi connectivity index (χ1n) is 11.7. The molecule has 0 saturated carbocycles. The molecule has 170 valence electrons. The first-order valence-corrected chi connectivity index (χ1v) is 11.7. The van der Waals surface area contributed by atoms with Crippen molar-refractivity contribution in [2.24, 2.45) is 0 Å². The van der Waals surface area contributed by atoms with Crippen LogP contribution in [0.15, 0.2) is 60.7 Å². The van der Waals surface area contributed by atoms with Crippen LogP contribution in [0.4, 0.5) is 5.69 Å². The van der Waals surface area contributed by atoms with Crippen LogP contribution >= 0.6 is 0 Å². The number of rotatable bonds is 6. The maximum atomic E-state index is 13.1. The number of amides is 2. The highest BCUT2D eigenvalue weighted by molar-refractivity contribution is 5.94. The summed E-state index contributed by atoms with van der Waals surface area (Å²) >= 11 is 0. The first-order chi connectivity index (χ1) is 16.2. The zero-order valence-corrected chi connectivity index (χ0v) is 18.7. The molecule has 1 aliphatic carbocycles. The summed E-state index contributed by atoms with van der Waals surface area (Å²) in [4.78, 5) is 27.6. The van der Waals surface area contributed by atoms with E-state index in [2.05, 4.69) is 15.5 Å². The van der Waals surface area contributed by atoms with Gasteiger partial charge < -0.3 is 10.6 Å². The van der Waals surface area contributed by atoms with E-state index in [4.69, 9.17) is 5.10 Å². The number of para-hydroxylation sites is 2. The summed E-state index contributed by atoms with van der Waals surface area (Å²) in [6, 6.07) is 19.6. The van der Waals surface area contributed by atoms with E-state index in [-0.39, 0.29) is 17.9 Å². The third-order valence-electron chi connectivity index (χ3n) is 6.49. The Morgan fingerprint density at radius 2 is 1.64 bits per heavy atom. The maximum Gasteiger partial charge on any atom is 0.272 e. The number of likely N-dealkylation sites (tertiary alicyclic amines) is 1. The molecule has 33 heavy (non-hydrogen) atoms. The molecule has 5 rings (SSSR count). The fraction of sp³-hybridized carbons (Fsp3) is 0.346. The van der Waals surface area contributed by atoms with Crippen LogP contribution in [0.5, 0.6) is 0 Å². The van der Waals surface area contributed by atoms with Gasteiger partial charge in [-0.05, 0) is 56.4 Å². The number of nitrogens with zero attached hydrogens (tertiary/aromatic N) is 3. The topological polar surface area (TPSA) is 79.3 Å². The second kappa shape index (κ2) is 9.58. The number of hydrogen-bond acceptors (Lipinski definition) is 4. The standard InChI is InChI=1S/C26H29N5O2/c32-24(27-19-8-3-1-4-9-19)18-30-16-14-20(15-17-30)28-26(33)25-22-12-7-13-23(22)31(29-25)21-10-5-2-6-11-21/h1-6,8-11,20H,7,12-18H2,(H,27,32)(H,28,33). The van der Waals surface area contributed by atoms with Gasteiger partial charge in [0.15, 0.2) is 5.69 Å². The van der Waals surface area contributed by atoms with Gasteiger partial charge >= 0.3 is 0 Å². The summed E-state index contributed by atoms with van der Waals surface area (Å²) in [5.41, 5.74) is 4.62. The minimum absolute atomic E-state index is 0.00861. The van der Waals surface area contributed by atoms with Crippen LogP contribution in [-0.4, -0.2) is 52.2 Å². The molecular weight excluding hydrogens is 414 g/mol. The van der Waals surface area contributed by atoms with Crippen molar-refractivity contribution in [2.45, 2.75) is 38.1 Å². The Morgan fingerprint density at radius 1 is 0.939 bits per heavy atom. The summed E-state index contributed by atoms with van der Waals surface area (Å²) in [6.07, 6.45) is 4.56. The monoisotopic (exact) mass is 443 g/mol. The summed E-state index contributed by atoms with van der Waals surface area (Å²) in [5.74, 6) is -0.0891. The number of hydrogen-bond donors (Lipinski definition) is 2. The van der Waals surface area contributed by atoms with Crippen molar-refractivity contribution in [3.8, 4) is 5.69 Å². The number of aromatic nitrogens is 2. The Labute approximate surface area is 193 Å². The molecule has 3 aromatic rings. The first kappa shape index (κ1) is 21.4. The van der Waals surface area contributed by atoms with E-state index in [1.807, 2.05) is 65.3 Å². The lowest BCUT2D eigenvalue weighted by molar-refractivity contribution is -0.117. The van der Waals surface area contributed by atoms with Crippen molar-refractivity contribution in [3.05, 3.63) is 77.6 Å². The van der Waals surface area contributed by atoms with E-state index in [9.17, 15) is 9.59 Å². The molecule has 0 unspecified atom stereocenters. The van der Waals surface area contributed by atoms with Crippen LogP contribution in [0.1, 0.15) is 41.0 Å². The fourth-order valence-corrected chi connectivity index (χ4v) is 4.82. The average Bonchev–Trinajstić information content (AvgIpc) is 3.44. The van der Waals surface area contributed by atoms with Crippen molar-refractivity contribution >= 4 is 17.5 Å². The van der Waals surface area contributed by atoms with Gasteiger partial charge in [-0.15, -0.1) is 0 Å². The van der Waals surface area contributed by atoms with Gasteiger partial charge in [-0.1, -0.05) is 36.4 Å². The van der Waals surface area contributed by atoms with Crippen LogP contribution < -0.4 is 10.6 Å². The molecule has 2 aromatic carbocycles. The van der Waals surface area contributed by atoms with Crippen molar-refractivity contribution in [3.63, 3.8) is 0 Å². The molecule has 1 aliphatic heterocycles. The number of anilines is 1. The average molecular weight is 444 g/mol. The molecule has 2 amide bonds. The fourth-order valence-electron chi connectivity index (χ4n) is 4.82. The lowest BCUT2D eigenvalue weighted by Gasteiger charge is -2.31. The van der Waals surface area contributed by atoms with E-state index >= 15 is 0 Å². The highest BCUT2D eigenvalue weighted by Crippen LogP contribution is 2.28. The molecule has 1 fully saturated rings. The number of piperidine rings is 1. The highest BCUT2D eigenvalue weighted by atomic mass is 16.2. The second-order valence-electron chi connectivity index (χ2n) is 8.81. The number of benzene rings is 2. The second-order valence-corrected chi connectivity index (χ2v) is 8.81. The van der Waals surface area contributed by atoms with Crippen molar-refractivity contribution < 1.29 is 9.59 Å². The quantitative estimate of drug-likeness (QED) is 0.613. The summed E-state index contributed by atoms with van der Waals surface area (Å²) in [5, 5.41) is 10.8. The van der Waals surface area contributed by atoms with E-state index in [0.29, 0.717) is 12.2 Å². The zero-order chi connectivity index (χ0) is 22.6. The largest absolute Gasteiger partial charge is 0.348 e. The smallest absolute Gasteiger partial charge is 0.272 e. The molecule has 7 nitrogen and oxygen atoms in total. The van der Waals surface area contributed by atoms with Crippen molar-refractivity contribution in [1.82, 2.24) is 20.0 Å². The molecule has 7 heteroatoms. The zero-order valence-electron chi connectivity index (χ0n) is 18.7. The van der Waals surface area contributed by atoms with E-state index in [0.717, 1.165) is 67.8 Å². The molecule has 0 radical (unpaired) electrons. The van der Waals surface area contributed by atoms with E-state index in [1.165, 1.54) is 0 Å². The Kier molecular flexibility index (Phi) is 6.21. The molecule has 2 heterocycles. The van der Waals surface area contributed by atoms with Gasteiger partial charge in [0.25, 0.3) is 5.91 Å². The third-order valence-corrected chi connectivity index (χ3v) is 6.49. The van der Waals surface area contributed by atoms with Crippen LogP contribution in [0, 0.1) is 0 Å². The third kappa shape index (κ3) is 4.83. The molecule has 2 aliphatic rings. The molecule has 2 N–H and O–H groups in total. The Hall–Kier alpha value is -3.45. The number of carbonyl (C=O) groups is 2. The summed E-state index contributed by atoms with van der Waals surface area (Å²) in [6.45, 7) is 1.93. The summed E-state index contributed by atoms with van der Waals surface area (Å²) in [7, 11) is 0. The van der Waals surface area contributed by atoms with Crippen LogP contribution in [0.3, 0.4) is 0 Å². The van der Waals surface area contributed by atoms with Gasteiger partial charge in [0.2, 0.25) is 5.91 Å². The van der Waals surface area contributed by atoms with E-state index < -0.39 is 0 Å². The molecule has 0 atom stereocenters. The lowest BCUT2D eigenvalue weighted by atomic mass is 10.0. The Bertz CT molecular complexity index is 1120. The Morgan fingerprint density at radius 3 is 2.36 bits per heavy atom. The lowest BCUT2D eigenvalue weighted by Crippen LogP contribution is -2.46. The van der Waals surface area contributed by atoms with Gasteiger partial charge in [-0.25, -0.2) is 4.68 Å². The molecule has 1 aromatic heterocycles. The number of nitrogens with one attached hydrogen (secondary N) is 2. The molecule has 0 spiro atoms. The highest BCUT2D eigenvalue weighted by Gasteiger charge is 2.29. The van der Waals surface area contributed by atoms with Gasteiger partial charge in [-0.2, -0.15) is 5.10 Å². The SMILES string of the molecule is O=C(CN1CCC(NC(=O)c2nn(-c3ccccc3)c3c2CCC3)CC1)Nc1ccccc1. The van der Waals surface area contributed by atoms with Crippen LogP contribution in [-0.2, 0) is 17.6 Å². The molecular formula is C26H29N5O2. The van der Waals surface area contributed by atoms with Gasteiger partial charge in [0.1, 0.15) is 0 Å². The van der Waals surface area contributed by atoms with Crippen molar-refractivity contribution in [2.75, 3.05) is 25.0 Å². The Balaban J connectivity index is 1.16. The summed E-state index contributed by atoms with van der Waals surface area (Å²) < 4.78 is 1.94. The molecule has 1 saturated heterocycles. The minimum Gasteiger partial charge on any atom is -0.348 e. The number of carbonyl (C=O) groups excluding carboxylic acids is 2. The van der Waals surface area contributed by atoms with E-state index in [1.54, 1.807) is 0 Å². The van der Waals surface area contributed by atoms with Gasteiger partial charge in [-0.3, -0.25) is 14.5 Å².